The van der Waals surface area contributed by atoms with Crippen molar-refractivity contribution >= 4 is 10.8 Å². The first-order valence-corrected chi connectivity index (χ1v) is 5.31. The minimum Gasteiger partial charge on any atom is -0.0616 e. The third kappa shape index (κ3) is 1.59. The van der Waals surface area contributed by atoms with Crippen molar-refractivity contribution in [2.45, 2.75) is 0 Å². The molecule has 0 nitrogen and oxygen atoms in total. The highest BCUT2D eigenvalue weighted by Crippen LogP contribution is 2.23. The van der Waals surface area contributed by atoms with E-state index in [2.05, 4.69) is 54.6 Å². The van der Waals surface area contributed by atoms with Crippen molar-refractivity contribution in [1.82, 2.24) is 0 Å². The molecule has 3 rings (SSSR count). The summed E-state index contributed by atoms with van der Waals surface area (Å²) < 4.78 is 0. The van der Waals surface area contributed by atoms with Crippen LogP contribution in [-0.4, -0.2) is 0 Å². The summed E-state index contributed by atoms with van der Waals surface area (Å²) in [6.07, 6.45) is 0. The average molecular weight is 202 g/mol. The van der Waals surface area contributed by atoms with Crippen molar-refractivity contribution in [3.63, 3.8) is 0 Å². The Labute approximate surface area is 95.2 Å². The molecule has 0 bridgehead atoms. The zero-order chi connectivity index (χ0) is 10.8. The quantitative estimate of drug-likeness (QED) is 0.557. The first-order valence-electron chi connectivity index (χ1n) is 5.31. The number of fused-ring (bicyclic) bond motifs is 1. The molecular formula is C16H10. The molecule has 0 aliphatic rings. The molecule has 0 heterocycles. The fourth-order valence-corrected chi connectivity index (χ4v) is 1.86. The number of rotatable bonds is 1. The maximum absolute atomic E-state index is 3.19. The second kappa shape index (κ2) is 3.82. The Hall–Kier alpha value is -2.08. The van der Waals surface area contributed by atoms with Gasteiger partial charge in [-0.1, -0.05) is 54.6 Å². The molecule has 0 spiro atoms. The molecule has 0 saturated carbocycles. The Kier molecular flexibility index (Phi) is 2.19. The topological polar surface area (TPSA) is 0 Å². The van der Waals surface area contributed by atoms with Gasteiger partial charge in [-0.3, -0.25) is 0 Å². The van der Waals surface area contributed by atoms with Crippen molar-refractivity contribution in [3.8, 4) is 11.1 Å². The number of hydrogen-bond acceptors (Lipinski definition) is 0. The van der Waals surface area contributed by atoms with Gasteiger partial charge in [-0.05, 0) is 40.1 Å². The Morgan fingerprint density at radius 2 is 1.44 bits per heavy atom. The summed E-state index contributed by atoms with van der Waals surface area (Å²) in [7, 11) is 0. The van der Waals surface area contributed by atoms with Crippen molar-refractivity contribution in [3.05, 3.63) is 72.8 Å². The molecule has 0 aliphatic carbocycles. The van der Waals surface area contributed by atoms with Gasteiger partial charge in [0.2, 0.25) is 0 Å². The molecule has 0 saturated heterocycles. The summed E-state index contributed by atoms with van der Waals surface area (Å²) in [5.41, 5.74) is 2.19. The average Bonchev–Trinajstić information content (AvgIpc) is 2.39. The van der Waals surface area contributed by atoms with Crippen molar-refractivity contribution in [2.75, 3.05) is 0 Å². The Balaban J connectivity index is 2.19. The summed E-state index contributed by atoms with van der Waals surface area (Å²) in [4.78, 5) is 0. The second-order valence-electron chi connectivity index (χ2n) is 3.75. The zero-order valence-electron chi connectivity index (χ0n) is 8.77. The van der Waals surface area contributed by atoms with E-state index in [0.29, 0.717) is 0 Å². The Morgan fingerprint density at radius 3 is 2.25 bits per heavy atom. The van der Waals surface area contributed by atoms with Crippen LogP contribution in [0.4, 0.5) is 0 Å². The molecule has 3 aromatic rings. The number of hydrogen-bond donors (Lipinski definition) is 0. The fourth-order valence-electron chi connectivity index (χ4n) is 1.86. The van der Waals surface area contributed by atoms with Crippen LogP contribution in [0.25, 0.3) is 21.9 Å². The lowest BCUT2D eigenvalue weighted by molar-refractivity contribution is 1.62. The molecule has 3 aromatic carbocycles. The van der Waals surface area contributed by atoms with Crippen molar-refractivity contribution in [1.29, 1.82) is 0 Å². The summed E-state index contributed by atoms with van der Waals surface area (Å²) in [5.74, 6) is 0. The monoisotopic (exact) mass is 202 g/mol. The van der Waals surface area contributed by atoms with E-state index in [1.165, 1.54) is 16.3 Å². The fraction of sp³-hybridized carbons (Fsp3) is 0. The normalized spacial score (nSPS) is 10.5. The van der Waals surface area contributed by atoms with Gasteiger partial charge in [-0.15, -0.1) is 0 Å². The van der Waals surface area contributed by atoms with Crippen LogP contribution in [-0.2, 0) is 0 Å². The van der Waals surface area contributed by atoms with E-state index in [-0.39, 0.29) is 0 Å². The lowest BCUT2D eigenvalue weighted by Gasteiger charge is -2.02. The van der Waals surface area contributed by atoms with Gasteiger partial charge in [0.25, 0.3) is 0 Å². The number of benzene rings is 3. The summed E-state index contributed by atoms with van der Waals surface area (Å²) in [6.45, 7) is 0. The molecular weight excluding hydrogens is 192 g/mol. The summed E-state index contributed by atoms with van der Waals surface area (Å²) in [6, 6.07) is 27.0. The lowest BCUT2D eigenvalue weighted by atomic mass is 10.0. The van der Waals surface area contributed by atoms with E-state index in [4.69, 9.17) is 0 Å². The van der Waals surface area contributed by atoms with Crippen LogP contribution >= 0.6 is 0 Å². The van der Waals surface area contributed by atoms with Crippen LogP contribution in [0.5, 0.6) is 0 Å². The molecule has 2 radical (unpaired) electrons. The van der Waals surface area contributed by atoms with E-state index in [9.17, 15) is 0 Å². The maximum atomic E-state index is 3.19. The molecule has 0 fully saturated rings. The van der Waals surface area contributed by atoms with Gasteiger partial charge in [0.05, 0.1) is 0 Å². The predicted molar refractivity (Wildman–Crippen MR) is 67.1 cm³/mol. The highest BCUT2D eigenvalue weighted by molar-refractivity contribution is 5.87. The van der Waals surface area contributed by atoms with E-state index in [1.807, 2.05) is 18.2 Å². The third-order valence-corrected chi connectivity index (χ3v) is 2.69. The lowest BCUT2D eigenvalue weighted by Crippen LogP contribution is -1.78. The smallest absolute Gasteiger partial charge is 0.00262 e. The maximum Gasteiger partial charge on any atom is -0.00262 e. The molecule has 0 atom stereocenters. The third-order valence-electron chi connectivity index (χ3n) is 2.69. The Morgan fingerprint density at radius 1 is 0.688 bits per heavy atom. The highest BCUT2D eigenvalue weighted by atomic mass is 14.0. The van der Waals surface area contributed by atoms with Crippen molar-refractivity contribution in [2.24, 2.45) is 0 Å². The SMILES string of the molecule is [c]1ccc[c]c1-c1ccc2ccccc2c1. The molecule has 0 N–H and O–H groups in total. The standard InChI is InChI=1S/C16H10/c1-2-6-13(7-3-1)16-11-10-14-8-4-5-9-15(14)12-16/h1-5,8-12H. The van der Waals surface area contributed by atoms with E-state index < -0.39 is 0 Å². The molecule has 0 aromatic heterocycles. The molecule has 0 amide bonds. The molecule has 0 aliphatic heterocycles. The van der Waals surface area contributed by atoms with Gasteiger partial charge in [0.1, 0.15) is 0 Å². The van der Waals surface area contributed by atoms with Crippen LogP contribution < -0.4 is 0 Å². The first kappa shape index (κ1) is 9.17. The van der Waals surface area contributed by atoms with Gasteiger partial charge in [-0.2, -0.15) is 0 Å². The van der Waals surface area contributed by atoms with Crippen LogP contribution in [0.1, 0.15) is 0 Å². The van der Waals surface area contributed by atoms with Crippen LogP contribution in [0.3, 0.4) is 0 Å². The van der Waals surface area contributed by atoms with Gasteiger partial charge >= 0.3 is 0 Å². The van der Waals surface area contributed by atoms with E-state index in [1.54, 1.807) is 0 Å². The van der Waals surface area contributed by atoms with E-state index >= 15 is 0 Å². The molecule has 0 heteroatoms. The van der Waals surface area contributed by atoms with Crippen LogP contribution in [0.15, 0.2) is 60.7 Å². The first-order chi connectivity index (χ1) is 7.93. The van der Waals surface area contributed by atoms with Gasteiger partial charge in [-0.25, -0.2) is 0 Å². The minimum absolute atomic E-state index is 1.02. The summed E-state index contributed by atoms with van der Waals surface area (Å²) in [5, 5.41) is 2.52. The highest BCUT2D eigenvalue weighted by Gasteiger charge is 1.98. The largest absolute Gasteiger partial charge is 0.0616 e. The zero-order valence-corrected chi connectivity index (χ0v) is 8.77. The summed E-state index contributed by atoms with van der Waals surface area (Å²) >= 11 is 0. The van der Waals surface area contributed by atoms with Crippen LogP contribution in [0.2, 0.25) is 0 Å². The second-order valence-corrected chi connectivity index (χ2v) is 3.75. The minimum atomic E-state index is 1.02. The molecule has 0 unspecified atom stereocenters. The Bertz CT molecular complexity index is 609. The van der Waals surface area contributed by atoms with Crippen molar-refractivity contribution < 1.29 is 0 Å². The molecule has 16 heavy (non-hydrogen) atoms. The predicted octanol–water partition coefficient (Wildman–Crippen LogP) is 4.11. The van der Waals surface area contributed by atoms with Gasteiger partial charge in [0.15, 0.2) is 0 Å². The van der Waals surface area contributed by atoms with Gasteiger partial charge in [0, 0.05) is 0 Å². The molecule has 74 valence electrons. The van der Waals surface area contributed by atoms with E-state index in [0.717, 1.165) is 5.56 Å². The van der Waals surface area contributed by atoms with Crippen LogP contribution in [0, 0.1) is 12.1 Å². The van der Waals surface area contributed by atoms with Gasteiger partial charge < -0.3 is 0 Å².